The molecule has 0 amide bonds. The third kappa shape index (κ3) is 4.72. The van der Waals surface area contributed by atoms with Crippen molar-refractivity contribution >= 4 is 10.0 Å². The summed E-state index contributed by atoms with van der Waals surface area (Å²) in [6.45, 7) is 0. The van der Waals surface area contributed by atoms with E-state index < -0.39 is 28.6 Å². The van der Waals surface area contributed by atoms with Crippen LogP contribution in [0.15, 0.2) is 24.3 Å². The number of halogens is 2. The highest BCUT2D eigenvalue weighted by Crippen LogP contribution is 2.21. The van der Waals surface area contributed by atoms with Crippen LogP contribution in [0, 0.1) is 0 Å². The van der Waals surface area contributed by atoms with Crippen LogP contribution >= 0.6 is 0 Å². The smallest absolute Gasteiger partial charge is 0.263 e. The molecule has 7 heteroatoms. The fraction of sp³-hybridized carbons (Fsp3) is 0.571. The molecular formula is C14H19F2NO3S. The van der Waals surface area contributed by atoms with Gasteiger partial charge in [-0.3, -0.25) is 0 Å². The topological polar surface area (TPSA) is 66.4 Å². The Morgan fingerprint density at radius 1 is 1.19 bits per heavy atom. The minimum Gasteiger partial charge on any atom is -0.391 e. The van der Waals surface area contributed by atoms with Gasteiger partial charge in [-0.2, -0.15) is 0 Å². The normalized spacial score (nSPS) is 23.4. The summed E-state index contributed by atoms with van der Waals surface area (Å²) in [4.78, 5) is 0. The second-order valence-corrected chi connectivity index (χ2v) is 7.13. The van der Waals surface area contributed by atoms with E-state index in [4.69, 9.17) is 0 Å². The maximum Gasteiger partial charge on any atom is 0.263 e. The molecule has 2 N–H and O–H groups in total. The molecule has 1 aliphatic carbocycles. The third-order valence-corrected chi connectivity index (χ3v) is 5.02. The fourth-order valence-electron chi connectivity index (χ4n) is 2.50. The van der Waals surface area contributed by atoms with Crippen LogP contribution < -0.4 is 4.72 Å². The van der Waals surface area contributed by atoms with Gasteiger partial charge in [-0.15, -0.1) is 0 Å². The summed E-state index contributed by atoms with van der Waals surface area (Å²) in [6, 6.07) is 4.77. The van der Waals surface area contributed by atoms with Crippen molar-refractivity contribution in [3.63, 3.8) is 0 Å². The van der Waals surface area contributed by atoms with Crippen molar-refractivity contribution in [1.29, 1.82) is 0 Å². The Bertz CT molecular complexity index is 560. The Labute approximate surface area is 123 Å². The number of hydrogen-bond donors (Lipinski definition) is 2. The molecule has 0 spiro atoms. The number of alkyl halides is 2. The number of nitrogens with one attached hydrogen (secondary N) is 1. The van der Waals surface area contributed by atoms with E-state index in [2.05, 4.69) is 4.72 Å². The molecule has 0 aliphatic heterocycles. The zero-order valence-electron chi connectivity index (χ0n) is 11.5. The summed E-state index contributed by atoms with van der Waals surface area (Å²) in [7, 11) is -3.60. The number of aliphatic hydroxyl groups is 1. The van der Waals surface area contributed by atoms with Gasteiger partial charge in [0.25, 0.3) is 6.43 Å². The van der Waals surface area contributed by atoms with Crippen molar-refractivity contribution in [2.75, 3.05) is 0 Å². The van der Waals surface area contributed by atoms with Crippen LogP contribution in [0.5, 0.6) is 0 Å². The number of rotatable bonds is 5. The molecule has 0 heterocycles. The lowest BCUT2D eigenvalue weighted by Crippen LogP contribution is -2.45. The van der Waals surface area contributed by atoms with Gasteiger partial charge in [0.2, 0.25) is 10.0 Å². The molecule has 2 atom stereocenters. The first-order chi connectivity index (χ1) is 9.87. The van der Waals surface area contributed by atoms with Crippen LogP contribution in [-0.4, -0.2) is 25.7 Å². The van der Waals surface area contributed by atoms with Crippen LogP contribution in [0.3, 0.4) is 0 Å². The monoisotopic (exact) mass is 319 g/mol. The Balaban J connectivity index is 2.00. The summed E-state index contributed by atoms with van der Waals surface area (Å²) in [6.07, 6.45) is -0.232. The average molecular weight is 319 g/mol. The summed E-state index contributed by atoms with van der Waals surface area (Å²) < 4.78 is 51.5. The molecule has 0 unspecified atom stereocenters. The van der Waals surface area contributed by atoms with E-state index in [1.165, 1.54) is 24.3 Å². The molecule has 118 valence electrons. The number of benzene rings is 1. The molecule has 1 aromatic rings. The maximum absolute atomic E-state index is 12.4. The molecule has 21 heavy (non-hydrogen) atoms. The van der Waals surface area contributed by atoms with E-state index >= 15 is 0 Å². The second-order valence-electron chi connectivity index (χ2n) is 5.38. The highest BCUT2D eigenvalue weighted by molar-refractivity contribution is 7.88. The van der Waals surface area contributed by atoms with Gasteiger partial charge in [-0.05, 0) is 18.4 Å². The highest BCUT2D eigenvalue weighted by atomic mass is 32.2. The van der Waals surface area contributed by atoms with Crippen molar-refractivity contribution in [1.82, 2.24) is 4.72 Å². The molecule has 1 aromatic carbocycles. The maximum atomic E-state index is 12.4. The lowest BCUT2D eigenvalue weighted by atomic mass is 9.93. The molecule has 0 saturated heterocycles. The van der Waals surface area contributed by atoms with E-state index in [1.54, 1.807) is 0 Å². The molecule has 4 nitrogen and oxygen atoms in total. The van der Waals surface area contributed by atoms with Gasteiger partial charge < -0.3 is 5.11 Å². The van der Waals surface area contributed by atoms with Gasteiger partial charge in [0.1, 0.15) is 0 Å². The molecule has 0 aromatic heterocycles. The predicted octanol–water partition coefficient (Wildman–Crippen LogP) is 2.35. The first-order valence-corrected chi connectivity index (χ1v) is 8.58. The van der Waals surface area contributed by atoms with Gasteiger partial charge in [0.15, 0.2) is 0 Å². The summed E-state index contributed by atoms with van der Waals surface area (Å²) in [5.41, 5.74) is 0.309. The first kappa shape index (κ1) is 16.3. The largest absolute Gasteiger partial charge is 0.391 e. The predicted molar refractivity (Wildman–Crippen MR) is 75.4 cm³/mol. The van der Waals surface area contributed by atoms with E-state index in [-0.39, 0.29) is 11.3 Å². The van der Waals surface area contributed by atoms with Gasteiger partial charge in [-0.1, -0.05) is 37.1 Å². The van der Waals surface area contributed by atoms with E-state index in [9.17, 15) is 22.3 Å². The van der Waals surface area contributed by atoms with Crippen LogP contribution in [0.1, 0.15) is 43.2 Å². The molecule has 1 fully saturated rings. The lowest BCUT2D eigenvalue weighted by Gasteiger charge is -2.28. The van der Waals surface area contributed by atoms with Crippen LogP contribution in [0.25, 0.3) is 0 Å². The average Bonchev–Trinajstić information content (AvgIpc) is 2.41. The van der Waals surface area contributed by atoms with Crippen LogP contribution in [0.4, 0.5) is 8.78 Å². The number of sulfonamides is 1. The second kappa shape index (κ2) is 6.81. The zero-order valence-corrected chi connectivity index (χ0v) is 12.3. The van der Waals surface area contributed by atoms with E-state index in [0.717, 1.165) is 12.8 Å². The summed E-state index contributed by atoms with van der Waals surface area (Å²) in [5.74, 6) is -0.278. The SMILES string of the molecule is O=S(=O)(Cc1ccc(C(F)F)cc1)N[C@@H]1CCCC[C@H]1O. The van der Waals surface area contributed by atoms with E-state index in [0.29, 0.717) is 18.4 Å². The Kier molecular flexibility index (Phi) is 5.29. The molecule has 1 saturated carbocycles. The minimum atomic E-state index is -3.60. The molecule has 0 bridgehead atoms. The number of hydrogen-bond acceptors (Lipinski definition) is 3. The zero-order chi connectivity index (χ0) is 15.5. The Hall–Kier alpha value is -1.05. The van der Waals surface area contributed by atoms with Crippen LogP contribution in [0.2, 0.25) is 0 Å². The van der Waals surface area contributed by atoms with Crippen LogP contribution in [-0.2, 0) is 15.8 Å². The molecule has 1 aliphatic rings. The first-order valence-electron chi connectivity index (χ1n) is 6.92. The lowest BCUT2D eigenvalue weighted by molar-refractivity contribution is 0.101. The molecule has 0 radical (unpaired) electrons. The van der Waals surface area contributed by atoms with Crippen molar-refractivity contribution in [3.05, 3.63) is 35.4 Å². The molecule has 2 rings (SSSR count). The number of aliphatic hydroxyl groups excluding tert-OH is 1. The quantitative estimate of drug-likeness (QED) is 0.875. The van der Waals surface area contributed by atoms with E-state index in [1.807, 2.05) is 0 Å². The molecular weight excluding hydrogens is 300 g/mol. The fourth-order valence-corrected chi connectivity index (χ4v) is 3.95. The van der Waals surface area contributed by atoms with Crippen molar-refractivity contribution in [3.8, 4) is 0 Å². The standard InChI is InChI=1S/C14H19F2NO3S/c15-14(16)11-7-5-10(6-8-11)9-21(19,20)17-12-3-1-2-4-13(12)18/h5-8,12-14,17-18H,1-4,9H2/t12-,13-/m1/s1. The van der Waals surface area contributed by atoms with Gasteiger partial charge >= 0.3 is 0 Å². The van der Waals surface area contributed by atoms with Crippen molar-refractivity contribution in [2.45, 2.75) is 50.0 Å². The van der Waals surface area contributed by atoms with Gasteiger partial charge in [-0.25, -0.2) is 21.9 Å². The van der Waals surface area contributed by atoms with Crippen molar-refractivity contribution < 1.29 is 22.3 Å². The third-order valence-electron chi connectivity index (χ3n) is 3.65. The minimum absolute atomic E-state index is 0.133. The summed E-state index contributed by atoms with van der Waals surface area (Å²) >= 11 is 0. The highest BCUT2D eigenvalue weighted by Gasteiger charge is 2.27. The Morgan fingerprint density at radius 3 is 2.38 bits per heavy atom. The van der Waals surface area contributed by atoms with Gasteiger partial charge in [0.05, 0.1) is 11.9 Å². The van der Waals surface area contributed by atoms with Gasteiger partial charge in [0, 0.05) is 11.6 Å². The van der Waals surface area contributed by atoms with Crippen molar-refractivity contribution in [2.24, 2.45) is 0 Å². The summed E-state index contributed by atoms with van der Waals surface area (Å²) in [5, 5.41) is 9.79. The Morgan fingerprint density at radius 2 is 1.81 bits per heavy atom.